The maximum absolute atomic E-state index is 11.7. The lowest BCUT2D eigenvalue weighted by molar-refractivity contribution is -0.145. The zero-order chi connectivity index (χ0) is 24.5. The van der Waals surface area contributed by atoms with Gasteiger partial charge < -0.3 is 24.3 Å². The van der Waals surface area contributed by atoms with Crippen LogP contribution in [0.2, 0.25) is 0 Å². The summed E-state index contributed by atoms with van der Waals surface area (Å²) in [5, 5.41) is 3.54. The molecule has 0 saturated carbocycles. The summed E-state index contributed by atoms with van der Waals surface area (Å²) in [5.41, 5.74) is 4.44. The van der Waals surface area contributed by atoms with Crippen molar-refractivity contribution in [3.63, 3.8) is 0 Å². The predicted octanol–water partition coefficient (Wildman–Crippen LogP) is 4.23. The Balaban J connectivity index is 1.29. The van der Waals surface area contributed by atoms with Crippen LogP contribution in [-0.2, 0) is 25.6 Å². The topological polar surface area (TPSA) is 78.9 Å². The van der Waals surface area contributed by atoms with E-state index in [1.807, 2.05) is 31.2 Å². The maximum Gasteiger partial charge on any atom is 0.344 e. The number of benzene rings is 1. The molecule has 0 radical (unpaired) electrons. The average Bonchev–Trinajstić information content (AvgIpc) is 3.34. The van der Waals surface area contributed by atoms with Gasteiger partial charge >= 0.3 is 5.97 Å². The van der Waals surface area contributed by atoms with Gasteiger partial charge in [0, 0.05) is 11.8 Å². The number of hydrogen-bond donors (Lipinski definition) is 1. The number of nitrogens with one attached hydrogen (secondary N) is 1. The number of hydrogen-bond acceptors (Lipinski definition) is 7. The molecule has 2 heterocycles. The van der Waals surface area contributed by atoms with Crippen molar-refractivity contribution in [3.05, 3.63) is 65.4 Å². The monoisotopic (exact) mass is 480 g/mol. The number of pyridine rings is 1. The molecule has 2 aliphatic rings. The Morgan fingerprint density at radius 2 is 2.00 bits per heavy atom. The van der Waals surface area contributed by atoms with Crippen molar-refractivity contribution in [1.82, 2.24) is 10.3 Å². The van der Waals surface area contributed by atoms with Crippen molar-refractivity contribution < 1.29 is 23.7 Å². The van der Waals surface area contributed by atoms with Crippen molar-refractivity contribution in [1.29, 1.82) is 0 Å². The molecule has 7 nitrogen and oxygen atoms in total. The van der Waals surface area contributed by atoms with Gasteiger partial charge in [-0.25, -0.2) is 9.78 Å². The van der Waals surface area contributed by atoms with E-state index in [-0.39, 0.29) is 30.8 Å². The number of rotatable bonds is 11. The van der Waals surface area contributed by atoms with Gasteiger partial charge in [-0.1, -0.05) is 36.4 Å². The van der Waals surface area contributed by atoms with Crippen LogP contribution in [0.25, 0.3) is 5.57 Å². The first-order valence-electron chi connectivity index (χ1n) is 12.6. The van der Waals surface area contributed by atoms with Gasteiger partial charge in [-0.3, -0.25) is 0 Å². The third kappa shape index (κ3) is 7.13. The minimum absolute atomic E-state index is 0.141. The molecule has 1 fully saturated rings. The molecule has 35 heavy (non-hydrogen) atoms. The smallest absolute Gasteiger partial charge is 0.344 e. The van der Waals surface area contributed by atoms with Crippen molar-refractivity contribution in [2.45, 2.75) is 64.4 Å². The van der Waals surface area contributed by atoms with E-state index in [0.29, 0.717) is 25.7 Å². The third-order valence-electron chi connectivity index (χ3n) is 6.54. The molecular weight excluding hydrogens is 444 g/mol. The molecule has 1 aromatic heterocycles. The predicted molar refractivity (Wildman–Crippen MR) is 134 cm³/mol. The van der Waals surface area contributed by atoms with Crippen LogP contribution in [-0.4, -0.2) is 55.6 Å². The molecule has 4 rings (SSSR count). The second-order valence-corrected chi connectivity index (χ2v) is 9.05. The zero-order valence-corrected chi connectivity index (χ0v) is 20.7. The summed E-state index contributed by atoms with van der Waals surface area (Å²) in [6, 6.07) is 12.5. The number of carbonyl (C=O) groups is 1. The summed E-state index contributed by atoms with van der Waals surface area (Å²) in [5.74, 6) is 0.0941. The van der Waals surface area contributed by atoms with E-state index in [1.165, 1.54) is 11.1 Å². The lowest BCUT2D eigenvalue weighted by Crippen LogP contribution is -2.38. The number of esters is 1. The summed E-state index contributed by atoms with van der Waals surface area (Å²) < 4.78 is 23.2. The van der Waals surface area contributed by atoms with Crippen LogP contribution < -0.4 is 10.1 Å². The van der Waals surface area contributed by atoms with Crippen LogP contribution in [0, 0.1) is 6.92 Å². The van der Waals surface area contributed by atoms with Crippen molar-refractivity contribution in [3.8, 4) is 5.88 Å². The van der Waals surface area contributed by atoms with E-state index in [2.05, 4.69) is 28.5 Å². The molecule has 1 N–H and O–H groups in total. The van der Waals surface area contributed by atoms with Crippen LogP contribution in [0.4, 0.5) is 0 Å². The Labute approximate surface area is 207 Å². The third-order valence-corrected chi connectivity index (χ3v) is 6.54. The highest BCUT2D eigenvalue weighted by Gasteiger charge is 2.29. The molecule has 1 aromatic carbocycles. The molecule has 1 aliphatic heterocycles. The first-order chi connectivity index (χ1) is 17.1. The fourth-order valence-electron chi connectivity index (χ4n) is 4.68. The van der Waals surface area contributed by atoms with Crippen molar-refractivity contribution in [2.24, 2.45) is 0 Å². The van der Waals surface area contributed by atoms with Crippen LogP contribution in [0.15, 0.2) is 48.7 Å². The van der Waals surface area contributed by atoms with E-state index in [1.54, 1.807) is 13.1 Å². The summed E-state index contributed by atoms with van der Waals surface area (Å²) in [6.45, 7) is 6.24. The Bertz CT molecular complexity index is 994. The summed E-state index contributed by atoms with van der Waals surface area (Å²) in [7, 11) is 0. The zero-order valence-electron chi connectivity index (χ0n) is 20.7. The van der Waals surface area contributed by atoms with Gasteiger partial charge in [0.25, 0.3) is 0 Å². The van der Waals surface area contributed by atoms with Gasteiger partial charge in [0.15, 0.2) is 6.61 Å². The number of ether oxygens (including phenoxy) is 4. The minimum atomic E-state index is -0.389. The van der Waals surface area contributed by atoms with E-state index >= 15 is 0 Å². The van der Waals surface area contributed by atoms with E-state index in [0.717, 1.165) is 43.4 Å². The van der Waals surface area contributed by atoms with Crippen LogP contribution in [0.5, 0.6) is 5.88 Å². The summed E-state index contributed by atoms with van der Waals surface area (Å²) in [4.78, 5) is 16.1. The van der Waals surface area contributed by atoms with Crippen molar-refractivity contribution in [2.75, 3.05) is 26.4 Å². The fraction of sp³-hybridized carbons (Fsp3) is 0.500. The first-order valence-corrected chi connectivity index (χ1v) is 12.6. The second kappa shape index (κ2) is 12.8. The second-order valence-electron chi connectivity index (χ2n) is 9.05. The molecule has 0 amide bonds. The van der Waals surface area contributed by atoms with Crippen LogP contribution in [0.3, 0.4) is 0 Å². The van der Waals surface area contributed by atoms with Gasteiger partial charge in [0.1, 0.15) is 0 Å². The summed E-state index contributed by atoms with van der Waals surface area (Å²) in [6.07, 6.45) is 7.92. The molecule has 188 valence electrons. The Hall–Kier alpha value is -2.74. The Morgan fingerprint density at radius 3 is 2.77 bits per heavy atom. The standard InChI is InChI=1S/C28H36N2O5/c1-3-32-26(31)19-35-28-27(20(2)13-15-30-28)22-9-11-23(12-10-22)33-18-24-25(14-16-29-24)34-17-21-7-5-4-6-8-21/h4-9,13,15,23-25,29H,3,10-12,14,16-19H2,1-2H3/t23?,24-,25+/m0/s1. The molecular formula is C28H36N2O5. The van der Waals surface area contributed by atoms with Gasteiger partial charge in [0.2, 0.25) is 5.88 Å². The molecule has 2 aromatic rings. The molecule has 7 heteroatoms. The quantitative estimate of drug-likeness (QED) is 0.482. The molecule has 3 atom stereocenters. The van der Waals surface area contributed by atoms with Gasteiger partial charge in [-0.15, -0.1) is 0 Å². The molecule has 1 saturated heterocycles. The number of carbonyl (C=O) groups excluding carboxylic acids is 1. The number of allylic oxidation sites excluding steroid dienone is 1. The minimum Gasteiger partial charge on any atom is -0.465 e. The highest BCUT2D eigenvalue weighted by atomic mass is 16.6. The van der Waals surface area contributed by atoms with E-state index in [4.69, 9.17) is 18.9 Å². The maximum atomic E-state index is 11.7. The number of aromatic nitrogens is 1. The van der Waals surface area contributed by atoms with E-state index < -0.39 is 0 Å². The average molecular weight is 481 g/mol. The van der Waals surface area contributed by atoms with Gasteiger partial charge in [-0.05, 0) is 68.8 Å². The van der Waals surface area contributed by atoms with Crippen molar-refractivity contribution >= 4 is 11.5 Å². The largest absolute Gasteiger partial charge is 0.465 e. The number of aryl methyl sites for hydroxylation is 1. The molecule has 0 bridgehead atoms. The lowest BCUT2D eigenvalue weighted by Gasteiger charge is -2.27. The Morgan fingerprint density at radius 1 is 1.14 bits per heavy atom. The first kappa shape index (κ1) is 25.4. The highest BCUT2D eigenvalue weighted by Crippen LogP contribution is 2.35. The van der Waals surface area contributed by atoms with Crippen LogP contribution in [0.1, 0.15) is 49.3 Å². The SMILES string of the molecule is CCOC(=O)COc1nccc(C)c1C1=CCC(OC[C@@H]2NCC[C@H]2OCc2ccccc2)CC1. The normalized spacial score (nSPS) is 22.0. The number of nitrogens with zero attached hydrogens (tertiary/aromatic N) is 1. The summed E-state index contributed by atoms with van der Waals surface area (Å²) >= 11 is 0. The molecule has 0 spiro atoms. The van der Waals surface area contributed by atoms with Gasteiger partial charge in [0.05, 0.1) is 38.1 Å². The van der Waals surface area contributed by atoms with Crippen LogP contribution >= 0.6 is 0 Å². The Kier molecular flexibility index (Phi) is 9.28. The fourth-order valence-corrected chi connectivity index (χ4v) is 4.68. The lowest BCUT2D eigenvalue weighted by atomic mass is 9.90. The van der Waals surface area contributed by atoms with Gasteiger partial charge in [-0.2, -0.15) is 0 Å². The van der Waals surface area contributed by atoms with E-state index in [9.17, 15) is 4.79 Å². The molecule has 1 aliphatic carbocycles. The molecule has 1 unspecified atom stereocenters. The highest BCUT2D eigenvalue weighted by molar-refractivity contribution is 5.74.